The minimum absolute atomic E-state index is 0.0324. The number of benzene rings is 1. The second kappa shape index (κ2) is 5.81. The smallest absolute Gasteiger partial charge is 0.276 e. The Balaban J connectivity index is 2.37. The number of hydrogen-bond acceptors (Lipinski definition) is 7. The predicted octanol–water partition coefficient (Wildman–Crippen LogP) is 2.03. The van der Waals surface area contributed by atoms with Crippen LogP contribution in [0, 0.1) is 27.3 Å². The van der Waals surface area contributed by atoms with Crippen molar-refractivity contribution in [2.75, 3.05) is 10.7 Å². The van der Waals surface area contributed by atoms with E-state index in [2.05, 4.69) is 15.7 Å². The van der Waals surface area contributed by atoms with Crippen LogP contribution in [0.2, 0.25) is 0 Å². The fourth-order valence-electron chi connectivity index (χ4n) is 1.58. The van der Waals surface area contributed by atoms with E-state index in [9.17, 15) is 14.5 Å². The number of nitrogens with one attached hydrogen (secondary N) is 2. The highest BCUT2D eigenvalue weighted by atomic mass is 19.1. The summed E-state index contributed by atoms with van der Waals surface area (Å²) >= 11 is 0. The van der Waals surface area contributed by atoms with Gasteiger partial charge >= 0.3 is 0 Å². The molecule has 0 aliphatic heterocycles. The zero-order chi connectivity index (χ0) is 15.4. The van der Waals surface area contributed by atoms with Crippen LogP contribution in [0.25, 0.3) is 0 Å². The lowest BCUT2D eigenvalue weighted by Crippen LogP contribution is -2.10. The van der Waals surface area contributed by atoms with Crippen molar-refractivity contribution in [3.63, 3.8) is 0 Å². The van der Waals surface area contributed by atoms with E-state index >= 15 is 0 Å². The quantitative estimate of drug-likeness (QED) is 0.445. The van der Waals surface area contributed by atoms with Crippen molar-refractivity contribution in [2.45, 2.75) is 0 Å². The number of halogens is 1. The molecule has 0 spiro atoms. The molecule has 8 nitrogen and oxygen atoms in total. The molecule has 0 bridgehead atoms. The summed E-state index contributed by atoms with van der Waals surface area (Å²) in [6, 6.07) is 7.87. The fraction of sp³-hybridized carbons (Fsp3) is 0. The number of hydrazine groups is 1. The summed E-state index contributed by atoms with van der Waals surface area (Å²) in [4.78, 5) is 14.1. The SMILES string of the molecule is N#Cc1ccc(Nc2cc([N+](=O)[O-])cc(NN)n2)c(F)c1. The van der Waals surface area contributed by atoms with Gasteiger partial charge in [0.2, 0.25) is 0 Å². The van der Waals surface area contributed by atoms with Crippen LogP contribution < -0.4 is 16.6 Å². The van der Waals surface area contributed by atoms with Crippen LogP contribution in [0.4, 0.5) is 27.4 Å². The van der Waals surface area contributed by atoms with E-state index in [4.69, 9.17) is 11.1 Å². The van der Waals surface area contributed by atoms with Crippen molar-refractivity contribution in [3.05, 3.63) is 51.8 Å². The number of nitriles is 1. The molecule has 0 amide bonds. The summed E-state index contributed by atoms with van der Waals surface area (Å²) in [6.45, 7) is 0. The van der Waals surface area contributed by atoms with Gasteiger partial charge in [0.05, 0.1) is 34.4 Å². The highest BCUT2D eigenvalue weighted by Crippen LogP contribution is 2.24. The third-order valence-electron chi connectivity index (χ3n) is 2.53. The first kappa shape index (κ1) is 14.2. The van der Waals surface area contributed by atoms with Crippen molar-refractivity contribution < 1.29 is 9.31 Å². The Kier molecular flexibility index (Phi) is 3.92. The van der Waals surface area contributed by atoms with E-state index < -0.39 is 10.7 Å². The highest BCUT2D eigenvalue weighted by molar-refractivity contribution is 5.63. The number of hydrogen-bond donors (Lipinski definition) is 3. The molecule has 0 aliphatic carbocycles. The molecule has 0 radical (unpaired) electrons. The van der Waals surface area contributed by atoms with E-state index in [0.717, 1.165) is 18.2 Å². The van der Waals surface area contributed by atoms with Crippen LogP contribution in [0.3, 0.4) is 0 Å². The van der Waals surface area contributed by atoms with Crippen LogP contribution in [-0.2, 0) is 0 Å². The topological polar surface area (TPSA) is 130 Å². The van der Waals surface area contributed by atoms with Gasteiger partial charge in [-0.15, -0.1) is 0 Å². The van der Waals surface area contributed by atoms with Crippen LogP contribution in [0.5, 0.6) is 0 Å². The minimum Gasteiger partial charge on any atom is -0.338 e. The van der Waals surface area contributed by atoms with E-state index in [1.165, 1.54) is 12.1 Å². The molecule has 0 unspecified atom stereocenters. The van der Waals surface area contributed by atoms with Crippen LogP contribution in [0.15, 0.2) is 30.3 Å². The third kappa shape index (κ3) is 3.20. The molecule has 4 N–H and O–H groups in total. The lowest BCUT2D eigenvalue weighted by molar-refractivity contribution is -0.384. The zero-order valence-corrected chi connectivity index (χ0v) is 10.5. The van der Waals surface area contributed by atoms with E-state index in [-0.39, 0.29) is 28.6 Å². The molecule has 2 rings (SSSR count). The molecule has 1 heterocycles. The highest BCUT2D eigenvalue weighted by Gasteiger charge is 2.12. The summed E-state index contributed by atoms with van der Waals surface area (Å²) in [7, 11) is 0. The van der Waals surface area contributed by atoms with E-state index in [1.807, 2.05) is 0 Å². The van der Waals surface area contributed by atoms with Gasteiger partial charge in [0.1, 0.15) is 17.5 Å². The van der Waals surface area contributed by atoms with Gasteiger partial charge in [0.15, 0.2) is 0 Å². The summed E-state index contributed by atoms with van der Waals surface area (Å²) in [5, 5.41) is 22.1. The second-order valence-electron chi connectivity index (χ2n) is 3.93. The molecule has 1 aromatic carbocycles. The van der Waals surface area contributed by atoms with Gasteiger partial charge in [-0.2, -0.15) is 5.26 Å². The van der Waals surface area contributed by atoms with Crippen molar-refractivity contribution in [1.82, 2.24) is 4.98 Å². The molecule has 0 atom stereocenters. The molecule has 9 heteroatoms. The summed E-state index contributed by atoms with van der Waals surface area (Å²) in [5.74, 6) is 4.60. The number of pyridine rings is 1. The Morgan fingerprint density at radius 3 is 2.62 bits per heavy atom. The maximum absolute atomic E-state index is 13.7. The lowest BCUT2D eigenvalue weighted by Gasteiger charge is -2.08. The van der Waals surface area contributed by atoms with Crippen LogP contribution >= 0.6 is 0 Å². The van der Waals surface area contributed by atoms with Gasteiger partial charge in [0.25, 0.3) is 5.69 Å². The molecule has 0 saturated heterocycles. The molecule has 0 saturated carbocycles. The van der Waals surface area contributed by atoms with Crippen molar-refractivity contribution in [1.29, 1.82) is 5.26 Å². The fourth-order valence-corrected chi connectivity index (χ4v) is 1.58. The molecular formula is C12H9FN6O2. The average molecular weight is 288 g/mol. The summed E-state index contributed by atoms with van der Waals surface area (Å²) < 4.78 is 13.7. The Hall–Kier alpha value is -3.25. The Morgan fingerprint density at radius 1 is 1.33 bits per heavy atom. The largest absolute Gasteiger partial charge is 0.338 e. The number of nitrogens with two attached hydrogens (primary N) is 1. The third-order valence-corrected chi connectivity index (χ3v) is 2.53. The number of nitrogens with zero attached hydrogens (tertiary/aromatic N) is 3. The number of anilines is 3. The molecule has 0 fully saturated rings. The van der Waals surface area contributed by atoms with Crippen LogP contribution in [0.1, 0.15) is 5.56 Å². The number of nitrogen functional groups attached to an aromatic ring is 1. The second-order valence-corrected chi connectivity index (χ2v) is 3.93. The maximum atomic E-state index is 13.7. The first-order valence-corrected chi connectivity index (χ1v) is 5.63. The molecule has 106 valence electrons. The zero-order valence-electron chi connectivity index (χ0n) is 10.5. The van der Waals surface area contributed by atoms with Crippen LogP contribution in [-0.4, -0.2) is 9.91 Å². The average Bonchev–Trinajstić information content (AvgIpc) is 2.48. The monoisotopic (exact) mass is 288 g/mol. The molecule has 0 aliphatic rings. The Bertz CT molecular complexity index is 743. The maximum Gasteiger partial charge on any atom is 0.276 e. The standard InChI is InChI=1S/C12H9FN6O2/c13-9-3-7(6-14)1-2-10(9)16-11-4-8(19(20)21)5-12(17-11)18-15/h1-5H,15H2,(H2,16,17,18). The van der Waals surface area contributed by atoms with Gasteiger partial charge in [-0.25, -0.2) is 15.2 Å². The van der Waals surface area contributed by atoms with Crippen molar-refractivity contribution in [2.24, 2.45) is 5.84 Å². The molecular weight excluding hydrogens is 279 g/mol. The van der Waals surface area contributed by atoms with Gasteiger partial charge in [-0.05, 0) is 18.2 Å². The predicted molar refractivity (Wildman–Crippen MR) is 73.1 cm³/mol. The normalized spacial score (nSPS) is 9.76. The van der Waals surface area contributed by atoms with E-state index in [1.54, 1.807) is 6.07 Å². The number of rotatable bonds is 4. The number of nitro groups is 1. The van der Waals surface area contributed by atoms with Gasteiger partial charge in [0, 0.05) is 0 Å². The first-order chi connectivity index (χ1) is 10.0. The minimum atomic E-state index is -0.676. The molecule has 21 heavy (non-hydrogen) atoms. The first-order valence-electron chi connectivity index (χ1n) is 5.63. The van der Waals surface area contributed by atoms with Crippen molar-refractivity contribution in [3.8, 4) is 6.07 Å². The van der Waals surface area contributed by atoms with Gasteiger partial charge in [-0.3, -0.25) is 10.1 Å². The molecule has 2 aromatic rings. The van der Waals surface area contributed by atoms with Crippen molar-refractivity contribution >= 4 is 23.0 Å². The lowest BCUT2D eigenvalue weighted by atomic mass is 10.2. The summed E-state index contributed by atoms with van der Waals surface area (Å²) in [5.41, 5.74) is 2.13. The summed E-state index contributed by atoms with van der Waals surface area (Å²) in [6.07, 6.45) is 0. The Morgan fingerprint density at radius 2 is 2.05 bits per heavy atom. The number of aromatic nitrogens is 1. The van der Waals surface area contributed by atoms with E-state index in [0.29, 0.717) is 0 Å². The molecule has 1 aromatic heterocycles. The van der Waals surface area contributed by atoms with Gasteiger partial charge in [-0.1, -0.05) is 0 Å². The Labute approximate surface area is 118 Å². The van der Waals surface area contributed by atoms with Gasteiger partial charge < -0.3 is 10.7 Å².